The summed E-state index contributed by atoms with van der Waals surface area (Å²) in [4.78, 5) is 10.8. The van der Waals surface area contributed by atoms with Gasteiger partial charge in [0.1, 0.15) is 24.2 Å². The number of carboxylic acid groups (broad SMARTS) is 1. The van der Waals surface area contributed by atoms with E-state index >= 15 is 0 Å². The summed E-state index contributed by atoms with van der Waals surface area (Å²) in [5.74, 6) is 0.251. The Kier molecular flexibility index (Phi) is 3.30. The van der Waals surface area contributed by atoms with Crippen LogP contribution in [-0.2, 0) is 0 Å². The van der Waals surface area contributed by atoms with Crippen LogP contribution in [0.3, 0.4) is 0 Å². The zero-order valence-corrected chi connectivity index (χ0v) is 10.7. The highest BCUT2D eigenvalue weighted by Gasteiger charge is 2.06. The Morgan fingerprint density at radius 2 is 1.86 bits per heavy atom. The normalized spacial score (nSPS) is 11.0. The molecule has 0 aliphatic rings. The van der Waals surface area contributed by atoms with E-state index in [0.717, 1.165) is 5.56 Å². The fraction of sp³-hybridized carbons (Fsp3) is 0. The van der Waals surface area contributed by atoms with E-state index in [4.69, 9.17) is 9.52 Å². The number of benzene rings is 1. The number of nitrogens with zero attached hydrogens (tertiary/aromatic N) is 4. The van der Waals surface area contributed by atoms with Gasteiger partial charge in [0.25, 0.3) is 0 Å². The van der Waals surface area contributed by atoms with Crippen molar-refractivity contribution in [2.75, 3.05) is 0 Å². The molecule has 1 aromatic carbocycles. The number of furan rings is 1. The zero-order chi connectivity index (χ0) is 14.7. The fourth-order valence-electron chi connectivity index (χ4n) is 1.73. The highest BCUT2D eigenvalue weighted by atomic mass is 16.4. The lowest BCUT2D eigenvalue weighted by molar-refractivity contribution is 0.0697. The van der Waals surface area contributed by atoms with Gasteiger partial charge in [0, 0.05) is 5.56 Å². The maximum Gasteiger partial charge on any atom is 0.335 e. The highest BCUT2D eigenvalue weighted by molar-refractivity contribution is 5.88. The highest BCUT2D eigenvalue weighted by Crippen LogP contribution is 2.22. The lowest BCUT2D eigenvalue weighted by atomic mass is 10.1. The van der Waals surface area contributed by atoms with Crippen molar-refractivity contribution < 1.29 is 14.3 Å². The van der Waals surface area contributed by atoms with Crippen molar-refractivity contribution in [2.45, 2.75) is 0 Å². The van der Waals surface area contributed by atoms with Crippen molar-refractivity contribution in [1.29, 1.82) is 0 Å². The molecule has 7 heteroatoms. The van der Waals surface area contributed by atoms with E-state index in [2.05, 4.69) is 15.3 Å². The van der Waals surface area contributed by atoms with Crippen LogP contribution in [0.25, 0.3) is 11.3 Å². The molecule has 0 saturated heterocycles. The standard InChI is InChI=1S/C14H10N4O3/c19-14(20)11-3-1-10(2-4-11)13-6-5-12(21-13)7-17-18-8-15-16-9-18/h1-9H,(H,19,20). The fourth-order valence-corrected chi connectivity index (χ4v) is 1.73. The maximum atomic E-state index is 10.8. The molecule has 3 rings (SSSR count). The minimum atomic E-state index is -0.956. The molecule has 0 aliphatic carbocycles. The number of rotatable bonds is 4. The van der Waals surface area contributed by atoms with E-state index < -0.39 is 5.97 Å². The second-order valence-corrected chi connectivity index (χ2v) is 4.17. The van der Waals surface area contributed by atoms with E-state index in [-0.39, 0.29) is 5.56 Å². The van der Waals surface area contributed by atoms with Gasteiger partial charge in [-0.05, 0) is 24.3 Å². The predicted molar refractivity (Wildman–Crippen MR) is 74.1 cm³/mol. The van der Waals surface area contributed by atoms with Crippen LogP contribution in [0.5, 0.6) is 0 Å². The molecule has 0 radical (unpaired) electrons. The molecule has 0 bridgehead atoms. The molecule has 21 heavy (non-hydrogen) atoms. The van der Waals surface area contributed by atoms with Gasteiger partial charge < -0.3 is 9.52 Å². The average molecular weight is 282 g/mol. The molecule has 2 heterocycles. The lowest BCUT2D eigenvalue weighted by Crippen LogP contribution is -1.94. The lowest BCUT2D eigenvalue weighted by Gasteiger charge is -1.98. The first-order valence-corrected chi connectivity index (χ1v) is 6.05. The molecule has 104 valence electrons. The Bertz CT molecular complexity index is 773. The topological polar surface area (TPSA) is 93.5 Å². The van der Waals surface area contributed by atoms with Gasteiger partial charge in [-0.15, -0.1) is 10.2 Å². The summed E-state index contributed by atoms with van der Waals surface area (Å²) in [5.41, 5.74) is 1.03. The average Bonchev–Trinajstić information content (AvgIpc) is 3.17. The van der Waals surface area contributed by atoms with E-state index in [0.29, 0.717) is 11.5 Å². The van der Waals surface area contributed by atoms with Crippen molar-refractivity contribution in [3.63, 3.8) is 0 Å². The SMILES string of the molecule is O=C(O)c1ccc(-c2ccc(C=Nn3cnnc3)o2)cc1. The van der Waals surface area contributed by atoms with Gasteiger partial charge in [0.05, 0.1) is 11.8 Å². The van der Waals surface area contributed by atoms with Gasteiger partial charge in [-0.25, -0.2) is 9.47 Å². The molecule has 7 nitrogen and oxygen atoms in total. The number of hydrogen-bond donors (Lipinski definition) is 1. The van der Waals surface area contributed by atoms with Crippen LogP contribution in [0.4, 0.5) is 0 Å². The third-order valence-electron chi connectivity index (χ3n) is 2.77. The van der Waals surface area contributed by atoms with Gasteiger partial charge in [0.2, 0.25) is 0 Å². The Morgan fingerprint density at radius 1 is 1.14 bits per heavy atom. The van der Waals surface area contributed by atoms with Crippen LogP contribution in [0.2, 0.25) is 0 Å². The smallest absolute Gasteiger partial charge is 0.335 e. The van der Waals surface area contributed by atoms with Crippen molar-refractivity contribution in [3.8, 4) is 11.3 Å². The number of aromatic carboxylic acids is 1. The van der Waals surface area contributed by atoms with E-state index in [1.54, 1.807) is 30.5 Å². The first kappa shape index (κ1) is 12.8. The summed E-state index contributed by atoms with van der Waals surface area (Å²) < 4.78 is 7.07. The van der Waals surface area contributed by atoms with Gasteiger partial charge in [0.15, 0.2) is 0 Å². The molecule has 0 unspecified atom stereocenters. The third-order valence-corrected chi connectivity index (χ3v) is 2.77. The van der Waals surface area contributed by atoms with Crippen molar-refractivity contribution in [1.82, 2.24) is 14.9 Å². The Morgan fingerprint density at radius 3 is 2.52 bits per heavy atom. The third kappa shape index (κ3) is 2.86. The van der Waals surface area contributed by atoms with E-state index in [1.165, 1.54) is 29.5 Å². The second kappa shape index (κ2) is 5.41. The number of aromatic nitrogens is 3. The first-order chi connectivity index (χ1) is 10.2. The summed E-state index contributed by atoms with van der Waals surface area (Å²) in [7, 11) is 0. The Labute approximate surface area is 119 Å². The largest absolute Gasteiger partial charge is 0.478 e. The summed E-state index contributed by atoms with van der Waals surface area (Å²) >= 11 is 0. The Hall–Kier alpha value is -3.22. The Balaban J connectivity index is 1.79. The minimum absolute atomic E-state index is 0.236. The minimum Gasteiger partial charge on any atom is -0.478 e. The molecule has 0 saturated carbocycles. The molecule has 0 fully saturated rings. The molecule has 2 aromatic heterocycles. The molecule has 3 aromatic rings. The van der Waals surface area contributed by atoms with Crippen LogP contribution in [0, 0.1) is 0 Å². The summed E-state index contributed by atoms with van der Waals surface area (Å²) in [6.07, 6.45) is 4.47. The second-order valence-electron chi connectivity index (χ2n) is 4.17. The predicted octanol–water partition coefficient (Wildman–Crippen LogP) is 2.12. The van der Waals surface area contributed by atoms with Crippen molar-refractivity contribution in [2.24, 2.45) is 5.10 Å². The van der Waals surface area contributed by atoms with Crippen LogP contribution in [-0.4, -0.2) is 32.2 Å². The van der Waals surface area contributed by atoms with Gasteiger partial charge >= 0.3 is 5.97 Å². The van der Waals surface area contributed by atoms with Gasteiger partial charge in [-0.2, -0.15) is 5.10 Å². The van der Waals surface area contributed by atoms with Crippen LogP contribution < -0.4 is 0 Å². The molecule has 0 spiro atoms. The van der Waals surface area contributed by atoms with Crippen molar-refractivity contribution in [3.05, 3.63) is 60.4 Å². The van der Waals surface area contributed by atoms with E-state index in [1.807, 2.05) is 0 Å². The molecule has 0 amide bonds. The summed E-state index contributed by atoms with van der Waals surface area (Å²) in [5, 5.41) is 20.2. The molecular formula is C14H10N4O3. The monoisotopic (exact) mass is 282 g/mol. The summed E-state index contributed by atoms with van der Waals surface area (Å²) in [6.45, 7) is 0. The van der Waals surface area contributed by atoms with Crippen LogP contribution >= 0.6 is 0 Å². The number of carbonyl (C=O) groups is 1. The van der Waals surface area contributed by atoms with Crippen molar-refractivity contribution >= 4 is 12.2 Å². The molecular weight excluding hydrogens is 272 g/mol. The first-order valence-electron chi connectivity index (χ1n) is 6.05. The summed E-state index contributed by atoms with van der Waals surface area (Å²) in [6, 6.07) is 10.0. The maximum absolute atomic E-state index is 10.8. The van der Waals surface area contributed by atoms with E-state index in [9.17, 15) is 4.79 Å². The number of carboxylic acids is 1. The molecule has 0 atom stereocenters. The zero-order valence-electron chi connectivity index (χ0n) is 10.7. The van der Waals surface area contributed by atoms with Gasteiger partial charge in [-0.3, -0.25) is 0 Å². The quantitative estimate of drug-likeness (QED) is 0.740. The molecule has 1 N–H and O–H groups in total. The number of hydrogen-bond acceptors (Lipinski definition) is 5. The van der Waals surface area contributed by atoms with Gasteiger partial charge in [-0.1, -0.05) is 12.1 Å². The van der Waals surface area contributed by atoms with Crippen LogP contribution in [0.15, 0.2) is 58.6 Å². The molecule has 0 aliphatic heterocycles. The van der Waals surface area contributed by atoms with Crippen LogP contribution in [0.1, 0.15) is 16.1 Å².